The van der Waals surface area contributed by atoms with E-state index in [-0.39, 0.29) is 12.8 Å². The largest absolute Gasteiger partial charge is 0.460 e. The van der Waals surface area contributed by atoms with Gasteiger partial charge in [0.15, 0.2) is 0 Å². The summed E-state index contributed by atoms with van der Waals surface area (Å²) in [5.41, 5.74) is 0. The molecule has 0 bridgehead atoms. The Labute approximate surface area is 104 Å². The Morgan fingerprint density at radius 2 is 1.53 bits per heavy atom. The predicted molar refractivity (Wildman–Crippen MR) is 51.0 cm³/mol. The van der Waals surface area contributed by atoms with Crippen LogP contribution in [-0.2, 0) is 9.53 Å². The van der Waals surface area contributed by atoms with E-state index < -0.39 is 30.1 Å². The molecule has 0 aromatic rings. The van der Waals surface area contributed by atoms with E-state index in [1.807, 2.05) is 0 Å². The van der Waals surface area contributed by atoms with Crippen LogP contribution >= 0.6 is 0 Å². The minimum absolute atomic E-state index is 0.0350. The molecule has 1 unspecified atom stereocenters. The van der Waals surface area contributed by atoms with Gasteiger partial charge in [0.1, 0.15) is 6.10 Å². The molecule has 2 nitrogen and oxygen atoms in total. The van der Waals surface area contributed by atoms with Gasteiger partial charge in [-0.05, 0) is 12.8 Å². The Morgan fingerprint density at radius 3 is 1.84 bits per heavy atom. The van der Waals surface area contributed by atoms with Crippen molar-refractivity contribution in [3.05, 3.63) is 0 Å². The van der Waals surface area contributed by atoms with Crippen molar-refractivity contribution < 1.29 is 40.3 Å². The maximum Gasteiger partial charge on any atom is 0.460 e. The molecular formula is C10H13F7O2. The summed E-state index contributed by atoms with van der Waals surface area (Å²) in [4.78, 5) is 10.9. The molecule has 114 valence electrons. The quantitative estimate of drug-likeness (QED) is 0.548. The van der Waals surface area contributed by atoms with Crippen LogP contribution in [0.15, 0.2) is 0 Å². The number of hydrogen-bond acceptors (Lipinski definition) is 2. The number of carbonyl (C=O) groups is 1. The minimum atomic E-state index is -6.54. The third-order valence-electron chi connectivity index (χ3n) is 2.35. The Morgan fingerprint density at radius 1 is 1.05 bits per heavy atom. The first-order valence-electron chi connectivity index (χ1n) is 5.45. The molecule has 0 aromatic heterocycles. The van der Waals surface area contributed by atoms with Crippen LogP contribution in [0.4, 0.5) is 30.7 Å². The number of halogens is 7. The van der Waals surface area contributed by atoms with Crippen LogP contribution in [0.25, 0.3) is 0 Å². The second kappa shape index (κ2) is 5.96. The van der Waals surface area contributed by atoms with Gasteiger partial charge in [-0.1, -0.05) is 20.3 Å². The smallest absolute Gasteiger partial charge is 0.458 e. The van der Waals surface area contributed by atoms with Crippen LogP contribution in [0.5, 0.6) is 0 Å². The highest BCUT2D eigenvalue weighted by atomic mass is 19.4. The monoisotopic (exact) mass is 298 g/mol. The molecule has 0 saturated carbocycles. The zero-order chi connectivity index (χ0) is 15.5. The van der Waals surface area contributed by atoms with Gasteiger partial charge in [-0.15, -0.1) is 0 Å². The van der Waals surface area contributed by atoms with E-state index in [0.29, 0.717) is 6.42 Å². The number of alkyl halides is 7. The van der Waals surface area contributed by atoms with E-state index in [1.54, 1.807) is 6.92 Å². The lowest BCUT2D eigenvalue weighted by Crippen LogP contribution is -2.57. The van der Waals surface area contributed by atoms with Gasteiger partial charge in [0.2, 0.25) is 0 Å². The number of ether oxygens (including phenoxy) is 1. The van der Waals surface area contributed by atoms with E-state index >= 15 is 0 Å². The highest BCUT2D eigenvalue weighted by Gasteiger charge is 2.77. The molecule has 0 aromatic carbocycles. The molecule has 0 fully saturated rings. The van der Waals surface area contributed by atoms with Gasteiger partial charge in [0.25, 0.3) is 0 Å². The summed E-state index contributed by atoms with van der Waals surface area (Å²) in [6, 6.07) is 0. The molecular weight excluding hydrogens is 285 g/mol. The predicted octanol–water partition coefficient (Wildman–Crippen LogP) is 3.94. The molecule has 0 aliphatic rings. The van der Waals surface area contributed by atoms with Gasteiger partial charge in [0.05, 0.1) is 0 Å². The van der Waals surface area contributed by atoms with Crippen molar-refractivity contribution in [2.24, 2.45) is 0 Å². The summed E-state index contributed by atoms with van der Waals surface area (Å²) in [5, 5.41) is 0. The maximum atomic E-state index is 12.9. The molecule has 0 amide bonds. The Hall–Kier alpha value is -1.02. The Kier molecular flexibility index (Phi) is 5.64. The number of hydrogen-bond donors (Lipinski definition) is 0. The molecule has 9 heteroatoms. The number of carbonyl (C=O) groups excluding carboxylic acids is 1. The standard InChI is InChI=1S/C10H13F7O2/c1-3-5-6(4-2)19-7(18)8(11,12)9(13,14)10(15,16)17/h6H,3-5H2,1-2H3. The summed E-state index contributed by atoms with van der Waals surface area (Å²) in [5.74, 6) is -15.3. The summed E-state index contributed by atoms with van der Waals surface area (Å²) in [6.45, 7) is 3.03. The Balaban J connectivity index is 5.05. The van der Waals surface area contributed by atoms with Crippen molar-refractivity contribution in [3.63, 3.8) is 0 Å². The molecule has 0 spiro atoms. The van der Waals surface area contributed by atoms with Crippen LogP contribution in [-0.4, -0.2) is 30.1 Å². The van der Waals surface area contributed by atoms with Crippen LogP contribution in [0, 0.1) is 0 Å². The fourth-order valence-corrected chi connectivity index (χ4v) is 1.20. The number of esters is 1. The fraction of sp³-hybridized carbons (Fsp3) is 0.900. The molecule has 0 rings (SSSR count). The zero-order valence-corrected chi connectivity index (χ0v) is 10.2. The lowest BCUT2D eigenvalue weighted by molar-refractivity contribution is -0.349. The lowest BCUT2D eigenvalue weighted by Gasteiger charge is -2.27. The first-order chi connectivity index (χ1) is 8.41. The van der Waals surface area contributed by atoms with Crippen molar-refractivity contribution in [2.45, 2.75) is 57.2 Å². The average Bonchev–Trinajstić information content (AvgIpc) is 2.26. The van der Waals surface area contributed by atoms with E-state index in [1.165, 1.54) is 6.92 Å². The van der Waals surface area contributed by atoms with Gasteiger partial charge >= 0.3 is 24.0 Å². The highest BCUT2D eigenvalue weighted by Crippen LogP contribution is 2.47. The van der Waals surface area contributed by atoms with Crippen LogP contribution in [0.2, 0.25) is 0 Å². The van der Waals surface area contributed by atoms with Gasteiger partial charge in [0, 0.05) is 0 Å². The van der Waals surface area contributed by atoms with E-state index in [4.69, 9.17) is 0 Å². The molecule has 0 radical (unpaired) electrons. The Bertz CT molecular complexity index is 311. The van der Waals surface area contributed by atoms with Gasteiger partial charge in [-0.3, -0.25) is 0 Å². The van der Waals surface area contributed by atoms with Crippen LogP contribution < -0.4 is 0 Å². The molecule has 19 heavy (non-hydrogen) atoms. The van der Waals surface area contributed by atoms with Gasteiger partial charge < -0.3 is 4.74 Å². The van der Waals surface area contributed by atoms with E-state index in [2.05, 4.69) is 4.74 Å². The highest BCUT2D eigenvalue weighted by molar-refractivity contribution is 5.79. The maximum absolute atomic E-state index is 12.9. The van der Waals surface area contributed by atoms with Crippen LogP contribution in [0.1, 0.15) is 33.1 Å². The normalized spacial score (nSPS) is 15.2. The third-order valence-corrected chi connectivity index (χ3v) is 2.35. The molecule has 0 saturated heterocycles. The molecule has 1 atom stereocenters. The topological polar surface area (TPSA) is 26.3 Å². The van der Waals surface area contributed by atoms with Crippen molar-refractivity contribution >= 4 is 5.97 Å². The average molecular weight is 298 g/mol. The second-order valence-corrected chi connectivity index (χ2v) is 3.87. The van der Waals surface area contributed by atoms with Crippen LogP contribution in [0.3, 0.4) is 0 Å². The third kappa shape index (κ3) is 3.73. The van der Waals surface area contributed by atoms with Crippen molar-refractivity contribution in [2.75, 3.05) is 0 Å². The summed E-state index contributed by atoms with van der Waals surface area (Å²) in [6.07, 6.45) is -7.13. The number of rotatable bonds is 6. The minimum Gasteiger partial charge on any atom is -0.458 e. The van der Waals surface area contributed by atoms with Crippen molar-refractivity contribution in [1.82, 2.24) is 0 Å². The first-order valence-corrected chi connectivity index (χ1v) is 5.45. The van der Waals surface area contributed by atoms with Gasteiger partial charge in [-0.25, -0.2) is 4.79 Å². The molecule has 0 heterocycles. The summed E-state index contributed by atoms with van der Waals surface area (Å²) < 4.78 is 90.3. The van der Waals surface area contributed by atoms with Crippen molar-refractivity contribution in [3.8, 4) is 0 Å². The SMILES string of the molecule is CCCC(CC)OC(=O)C(F)(F)C(F)(F)C(F)(F)F. The van der Waals surface area contributed by atoms with Crippen molar-refractivity contribution in [1.29, 1.82) is 0 Å². The summed E-state index contributed by atoms with van der Waals surface area (Å²) in [7, 11) is 0. The van der Waals surface area contributed by atoms with Gasteiger partial charge in [-0.2, -0.15) is 30.7 Å². The van der Waals surface area contributed by atoms with E-state index in [0.717, 1.165) is 0 Å². The second-order valence-electron chi connectivity index (χ2n) is 3.87. The summed E-state index contributed by atoms with van der Waals surface area (Å²) >= 11 is 0. The lowest BCUT2D eigenvalue weighted by atomic mass is 10.1. The zero-order valence-electron chi connectivity index (χ0n) is 10.2. The molecule has 0 N–H and O–H groups in total. The fourth-order valence-electron chi connectivity index (χ4n) is 1.20. The molecule has 0 aliphatic heterocycles. The van der Waals surface area contributed by atoms with E-state index in [9.17, 15) is 35.5 Å². The first kappa shape index (κ1) is 18.0. The molecule has 0 aliphatic carbocycles.